The maximum atomic E-state index is 13.1. The second-order valence-corrected chi connectivity index (χ2v) is 10.7. The van der Waals surface area contributed by atoms with Crippen molar-refractivity contribution in [2.75, 3.05) is 13.2 Å². The van der Waals surface area contributed by atoms with E-state index in [0.29, 0.717) is 43.4 Å². The molecule has 0 aromatic heterocycles. The molecule has 0 bridgehead atoms. The van der Waals surface area contributed by atoms with E-state index in [-0.39, 0.29) is 17.7 Å². The number of aliphatic hydroxyl groups is 1. The van der Waals surface area contributed by atoms with Gasteiger partial charge in [-0.25, -0.2) is 0 Å². The van der Waals surface area contributed by atoms with Crippen LogP contribution in [0.1, 0.15) is 68.4 Å². The van der Waals surface area contributed by atoms with Gasteiger partial charge in [-0.05, 0) is 80.5 Å². The van der Waals surface area contributed by atoms with Crippen LogP contribution in [-0.2, 0) is 14.9 Å². The Morgan fingerprint density at radius 1 is 0.925 bits per heavy atom. The van der Waals surface area contributed by atoms with E-state index < -0.39 is 29.2 Å². The van der Waals surface area contributed by atoms with Crippen LogP contribution >= 0.6 is 0 Å². The first-order valence-corrected chi connectivity index (χ1v) is 13.1. The van der Waals surface area contributed by atoms with E-state index in [1.165, 1.54) is 6.07 Å². The molecule has 1 atom stereocenters. The van der Waals surface area contributed by atoms with Gasteiger partial charge in [0.2, 0.25) is 0 Å². The molecule has 222 valence electrons. The third-order valence-electron chi connectivity index (χ3n) is 7.62. The number of hydrogen-bond acceptors (Lipinski definition) is 4. The smallest absolute Gasteiger partial charge is 0.430 e. The van der Waals surface area contributed by atoms with Gasteiger partial charge in [-0.1, -0.05) is 50.3 Å². The molecule has 0 radical (unpaired) electrons. The van der Waals surface area contributed by atoms with Gasteiger partial charge in [0.25, 0.3) is 5.60 Å². The van der Waals surface area contributed by atoms with Gasteiger partial charge in [0.05, 0.1) is 6.61 Å². The van der Waals surface area contributed by atoms with E-state index in [9.17, 15) is 31.4 Å². The Morgan fingerprint density at radius 3 is 1.93 bits per heavy atom. The number of rotatable bonds is 9. The predicted octanol–water partition coefficient (Wildman–Crippen LogP) is 7.81. The van der Waals surface area contributed by atoms with Crippen LogP contribution < -0.4 is 4.74 Å². The standard InChI is InChI=1S/C30H36F6O4/c1-7-27(8-2,23-11-12-25(20(4)16-23)38-17-24-18-39-26(5,6)40-24)22-10-9-21(19(3)15-22)13-14-28(37,29(31,32)33)30(34,35)36/h9-16,24,37H,7-8,17-18H2,1-6H3/b14-13+/t24-/m1/s1. The molecule has 1 fully saturated rings. The summed E-state index contributed by atoms with van der Waals surface area (Å²) in [5.74, 6) is 0.0625. The Balaban J connectivity index is 1.89. The summed E-state index contributed by atoms with van der Waals surface area (Å²) in [4.78, 5) is 0. The van der Waals surface area contributed by atoms with Crippen molar-refractivity contribution < 1.29 is 45.7 Å². The van der Waals surface area contributed by atoms with Crippen LogP contribution in [0.2, 0.25) is 0 Å². The molecular weight excluding hydrogens is 538 g/mol. The van der Waals surface area contributed by atoms with E-state index in [4.69, 9.17) is 14.2 Å². The van der Waals surface area contributed by atoms with E-state index in [1.54, 1.807) is 19.1 Å². The lowest BCUT2D eigenvalue weighted by Crippen LogP contribution is -2.55. The maximum Gasteiger partial charge on any atom is 0.430 e. The van der Waals surface area contributed by atoms with Gasteiger partial charge >= 0.3 is 12.4 Å². The molecule has 2 aromatic carbocycles. The first-order valence-electron chi connectivity index (χ1n) is 13.1. The zero-order valence-electron chi connectivity index (χ0n) is 23.5. The van der Waals surface area contributed by atoms with Crippen LogP contribution in [0.3, 0.4) is 0 Å². The number of hydrogen-bond donors (Lipinski definition) is 1. The second-order valence-electron chi connectivity index (χ2n) is 10.7. The summed E-state index contributed by atoms with van der Waals surface area (Å²) in [7, 11) is 0. The van der Waals surface area contributed by atoms with Gasteiger partial charge in [0.15, 0.2) is 5.79 Å². The highest BCUT2D eigenvalue weighted by Crippen LogP contribution is 2.45. The second kappa shape index (κ2) is 11.4. The topological polar surface area (TPSA) is 47.9 Å². The lowest BCUT2D eigenvalue weighted by Gasteiger charge is -2.34. The van der Waals surface area contributed by atoms with Crippen LogP contribution in [0.15, 0.2) is 42.5 Å². The van der Waals surface area contributed by atoms with Crippen molar-refractivity contribution in [2.24, 2.45) is 0 Å². The van der Waals surface area contributed by atoms with Crippen molar-refractivity contribution in [3.05, 3.63) is 70.3 Å². The molecule has 1 N–H and O–H groups in total. The molecule has 1 aliphatic rings. The molecule has 0 aliphatic carbocycles. The first kappa shape index (κ1) is 32.0. The summed E-state index contributed by atoms with van der Waals surface area (Å²) in [5, 5.41) is 9.46. The highest BCUT2D eigenvalue weighted by Gasteiger charge is 2.69. The molecule has 0 unspecified atom stereocenters. The minimum absolute atomic E-state index is 0.137. The Morgan fingerprint density at radius 2 is 1.48 bits per heavy atom. The zero-order valence-corrected chi connectivity index (χ0v) is 23.5. The van der Waals surface area contributed by atoms with Crippen LogP contribution in [0, 0.1) is 13.8 Å². The van der Waals surface area contributed by atoms with Crippen molar-refractivity contribution in [2.45, 2.75) is 89.6 Å². The summed E-state index contributed by atoms with van der Waals surface area (Å²) < 4.78 is 95.8. The first-order chi connectivity index (χ1) is 18.4. The van der Waals surface area contributed by atoms with E-state index in [1.807, 2.05) is 52.8 Å². The van der Waals surface area contributed by atoms with Gasteiger partial charge < -0.3 is 19.3 Å². The molecule has 40 heavy (non-hydrogen) atoms. The van der Waals surface area contributed by atoms with Crippen LogP contribution in [0.4, 0.5) is 26.3 Å². The summed E-state index contributed by atoms with van der Waals surface area (Å²) in [6.07, 6.45) is -10.2. The Hall–Kier alpha value is -2.56. The summed E-state index contributed by atoms with van der Waals surface area (Å²) in [6, 6.07) is 10.9. The third-order valence-corrected chi connectivity index (χ3v) is 7.62. The Bertz CT molecular complexity index is 1200. The van der Waals surface area contributed by atoms with E-state index >= 15 is 0 Å². The minimum atomic E-state index is -5.92. The average Bonchev–Trinajstić information content (AvgIpc) is 3.20. The number of benzene rings is 2. The summed E-state index contributed by atoms with van der Waals surface area (Å²) >= 11 is 0. The number of halogens is 6. The van der Waals surface area contributed by atoms with Crippen LogP contribution in [0.5, 0.6) is 5.75 Å². The fraction of sp³-hybridized carbons (Fsp3) is 0.533. The van der Waals surface area contributed by atoms with E-state index in [2.05, 4.69) is 0 Å². The fourth-order valence-corrected chi connectivity index (χ4v) is 5.09. The van der Waals surface area contributed by atoms with Crippen LogP contribution in [0.25, 0.3) is 6.08 Å². The molecule has 3 rings (SSSR count). The normalized spacial score (nSPS) is 18.5. The summed E-state index contributed by atoms with van der Waals surface area (Å²) in [5.41, 5.74) is -1.99. The van der Waals surface area contributed by atoms with Crippen molar-refractivity contribution in [3.8, 4) is 5.75 Å². The molecular formula is C30H36F6O4. The molecule has 1 saturated heterocycles. The Kier molecular flexibility index (Phi) is 9.09. The van der Waals surface area contributed by atoms with Crippen molar-refractivity contribution in [3.63, 3.8) is 0 Å². The lowest BCUT2D eigenvalue weighted by molar-refractivity contribution is -0.347. The highest BCUT2D eigenvalue weighted by molar-refractivity contribution is 5.57. The Labute approximate surface area is 230 Å². The quantitative estimate of drug-likeness (QED) is 0.311. The molecule has 2 aromatic rings. The van der Waals surface area contributed by atoms with Crippen molar-refractivity contribution in [1.29, 1.82) is 0 Å². The monoisotopic (exact) mass is 574 g/mol. The number of aryl methyl sites for hydroxylation is 2. The molecule has 10 heteroatoms. The summed E-state index contributed by atoms with van der Waals surface area (Å²) in [6.45, 7) is 12.1. The largest absolute Gasteiger partial charge is 0.491 e. The molecule has 0 spiro atoms. The molecule has 0 saturated carbocycles. The van der Waals surface area contributed by atoms with E-state index in [0.717, 1.165) is 16.7 Å². The zero-order chi connectivity index (χ0) is 30.1. The van der Waals surface area contributed by atoms with Gasteiger partial charge in [-0.15, -0.1) is 0 Å². The average molecular weight is 575 g/mol. The predicted molar refractivity (Wildman–Crippen MR) is 140 cm³/mol. The highest BCUT2D eigenvalue weighted by atomic mass is 19.4. The molecule has 1 aliphatic heterocycles. The van der Waals surface area contributed by atoms with Gasteiger partial charge in [0, 0.05) is 5.41 Å². The SMILES string of the molecule is CCC(CC)(c1ccc(/C=C/C(O)(C(F)(F)F)C(F)(F)F)c(C)c1)c1ccc(OC[C@@H]2COC(C)(C)O2)c(C)c1. The molecule has 1 heterocycles. The fourth-order valence-electron chi connectivity index (χ4n) is 5.09. The van der Waals surface area contributed by atoms with Crippen LogP contribution in [-0.4, -0.2) is 48.2 Å². The maximum absolute atomic E-state index is 13.1. The number of alkyl halides is 6. The third kappa shape index (κ3) is 6.34. The van der Waals surface area contributed by atoms with Gasteiger partial charge in [-0.2, -0.15) is 26.3 Å². The minimum Gasteiger partial charge on any atom is -0.491 e. The van der Waals surface area contributed by atoms with Crippen molar-refractivity contribution in [1.82, 2.24) is 0 Å². The van der Waals surface area contributed by atoms with Crippen molar-refractivity contribution >= 4 is 6.08 Å². The van der Waals surface area contributed by atoms with Gasteiger partial charge in [-0.3, -0.25) is 0 Å². The number of ether oxygens (including phenoxy) is 3. The molecule has 4 nitrogen and oxygen atoms in total. The lowest BCUT2D eigenvalue weighted by atomic mass is 9.70. The molecule has 0 amide bonds. The van der Waals surface area contributed by atoms with Gasteiger partial charge in [0.1, 0.15) is 18.5 Å².